The Morgan fingerprint density at radius 2 is 2.21 bits per heavy atom. The molecule has 3 N–H and O–H groups in total. The fraction of sp³-hybridized carbons (Fsp3) is 0.444. The number of nitrogens with zero attached hydrogens (tertiary/aromatic N) is 2. The summed E-state index contributed by atoms with van der Waals surface area (Å²) in [6.07, 6.45) is 1.50. The normalized spacial score (nSPS) is 10.3. The Labute approximate surface area is 82.8 Å². The van der Waals surface area contributed by atoms with E-state index in [9.17, 15) is 0 Å². The average molecular weight is 194 g/mol. The Morgan fingerprint density at radius 1 is 1.57 bits per heavy atom. The van der Waals surface area contributed by atoms with Gasteiger partial charge in [-0.1, -0.05) is 0 Å². The quantitative estimate of drug-likeness (QED) is 0.552. The summed E-state index contributed by atoms with van der Waals surface area (Å²) in [7, 11) is 0. The molecule has 0 saturated carbocycles. The van der Waals surface area contributed by atoms with Crippen LogP contribution < -0.4 is 10.5 Å². The molecule has 1 aromatic heterocycles. The maximum Gasteiger partial charge on any atom is 0.228 e. The number of hydrogen-bond donors (Lipinski definition) is 2. The molecule has 14 heavy (non-hydrogen) atoms. The number of nitrogen functional groups attached to an aromatic ring is 1. The fourth-order valence-electron chi connectivity index (χ4n) is 0.947. The van der Waals surface area contributed by atoms with Crippen LogP contribution in [-0.4, -0.2) is 21.9 Å². The molecule has 0 aliphatic heterocycles. The maximum atomic E-state index is 7.31. The monoisotopic (exact) mass is 194 g/mol. The lowest BCUT2D eigenvalue weighted by molar-refractivity contribution is 0.231. The number of amidine groups is 1. The first-order chi connectivity index (χ1) is 6.50. The third-order valence-corrected chi connectivity index (χ3v) is 1.51. The molecule has 0 aliphatic rings. The average Bonchev–Trinajstić information content (AvgIpc) is 2.01. The number of hydrogen-bond acceptors (Lipinski definition) is 4. The first-order valence-electron chi connectivity index (χ1n) is 4.35. The summed E-state index contributed by atoms with van der Waals surface area (Å²) < 4.78 is 5.42. The molecule has 0 spiro atoms. The van der Waals surface area contributed by atoms with E-state index >= 15 is 0 Å². The van der Waals surface area contributed by atoms with Gasteiger partial charge in [-0.25, -0.2) is 4.98 Å². The van der Waals surface area contributed by atoms with Crippen LogP contribution in [0.15, 0.2) is 6.20 Å². The Balaban J connectivity index is 3.09. The molecule has 0 bridgehead atoms. The van der Waals surface area contributed by atoms with E-state index in [4.69, 9.17) is 15.9 Å². The van der Waals surface area contributed by atoms with Gasteiger partial charge in [0.1, 0.15) is 11.7 Å². The minimum Gasteiger partial charge on any atom is -0.474 e. The molecule has 0 saturated heterocycles. The molecular formula is C9H14N4O. The Bertz CT molecular complexity index is 349. The number of rotatable bonds is 3. The molecule has 5 nitrogen and oxygen atoms in total. The standard InChI is InChI=1S/C9H14N4O/c1-5(2)14-9-7(8(10)11)4-12-6(3)13-9/h4-5H,1-3H3,(H3,10,11). The SMILES string of the molecule is Cc1ncc(C(=N)N)c(OC(C)C)n1. The van der Waals surface area contributed by atoms with Gasteiger partial charge >= 0.3 is 0 Å². The van der Waals surface area contributed by atoms with Gasteiger partial charge in [0.05, 0.1) is 11.7 Å². The van der Waals surface area contributed by atoms with E-state index in [1.165, 1.54) is 6.20 Å². The summed E-state index contributed by atoms with van der Waals surface area (Å²) in [4.78, 5) is 8.04. The highest BCUT2D eigenvalue weighted by Crippen LogP contribution is 2.14. The van der Waals surface area contributed by atoms with Gasteiger partial charge in [0.2, 0.25) is 5.88 Å². The molecule has 1 heterocycles. The topological polar surface area (TPSA) is 84.9 Å². The Kier molecular flexibility index (Phi) is 3.01. The van der Waals surface area contributed by atoms with E-state index in [1.54, 1.807) is 6.92 Å². The highest BCUT2D eigenvalue weighted by Gasteiger charge is 2.10. The van der Waals surface area contributed by atoms with Crippen molar-refractivity contribution in [2.24, 2.45) is 5.73 Å². The lowest BCUT2D eigenvalue weighted by atomic mass is 10.3. The first kappa shape index (κ1) is 10.4. The van der Waals surface area contributed by atoms with Crippen LogP contribution >= 0.6 is 0 Å². The molecule has 1 rings (SSSR count). The highest BCUT2D eigenvalue weighted by atomic mass is 16.5. The van der Waals surface area contributed by atoms with E-state index in [0.29, 0.717) is 17.3 Å². The summed E-state index contributed by atoms with van der Waals surface area (Å²) in [6.45, 7) is 5.54. The van der Waals surface area contributed by atoms with Crippen LogP contribution in [-0.2, 0) is 0 Å². The smallest absolute Gasteiger partial charge is 0.228 e. The molecule has 0 amide bonds. The van der Waals surface area contributed by atoms with Crippen molar-refractivity contribution in [1.29, 1.82) is 5.41 Å². The van der Waals surface area contributed by atoms with Crippen molar-refractivity contribution in [3.63, 3.8) is 0 Å². The minimum absolute atomic E-state index is 0.00222. The van der Waals surface area contributed by atoms with Crippen LogP contribution in [0.5, 0.6) is 5.88 Å². The number of aryl methyl sites for hydroxylation is 1. The summed E-state index contributed by atoms with van der Waals surface area (Å²) in [5.74, 6) is 0.895. The van der Waals surface area contributed by atoms with Crippen LogP contribution in [0.4, 0.5) is 0 Å². The maximum absolute atomic E-state index is 7.31. The number of ether oxygens (including phenoxy) is 1. The molecular weight excluding hydrogens is 180 g/mol. The second kappa shape index (κ2) is 4.04. The van der Waals surface area contributed by atoms with Crippen LogP contribution in [0.3, 0.4) is 0 Å². The van der Waals surface area contributed by atoms with E-state index in [2.05, 4.69) is 9.97 Å². The van der Waals surface area contributed by atoms with E-state index in [0.717, 1.165) is 0 Å². The summed E-state index contributed by atoms with van der Waals surface area (Å²) >= 11 is 0. The number of nitrogens with one attached hydrogen (secondary N) is 1. The molecule has 0 fully saturated rings. The largest absolute Gasteiger partial charge is 0.474 e. The molecule has 0 radical (unpaired) electrons. The summed E-state index contributed by atoms with van der Waals surface area (Å²) in [5, 5.41) is 7.31. The van der Waals surface area contributed by atoms with Crippen LogP contribution in [0, 0.1) is 12.3 Å². The van der Waals surface area contributed by atoms with Crippen molar-refractivity contribution in [2.45, 2.75) is 26.9 Å². The zero-order chi connectivity index (χ0) is 10.7. The Morgan fingerprint density at radius 3 is 2.71 bits per heavy atom. The van der Waals surface area contributed by atoms with Gasteiger partial charge in [0.25, 0.3) is 0 Å². The second-order valence-corrected chi connectivity index (χ2v) is 3.22. The third kappa shape index (κ3) is 2.42. The number of nitrogens with two attached hydrogens (primary N) is 1. The van der Waals surface area contributed by atoms with Crippen molar-refractivity contribution < 1.29 is 4.74 Å². The lowest BCUT2D eigenvalue weighted by Crippen LogP contribution is -2.17. The third-order valence-electron chi connectivity index (χ3n) is 1.51. The summed E-state index contributed by atoms with van der Waals surface area (Å²) in [5.41, 5.74) is 5.80. The zero-order valence-corrected chi connectivity index (χ0v) is 8.53. The van der Waals surface area contributed by atoms with E-state index in [-0.39, 0.29) is 11.9 Å². The molecule has 5 heteroatoms. The zero-order valence-electron chi connectivity index (χ0n) is 8.53. The first-order valence-corrected chi connectivity index (χ1v) is 4.35. The van der Waals surface area contributed by atoms with Gasteiger partial charge in [-0.3, -0.25) is 5.41 Å². The molecule has 1 aromatic rings. The van der Waals surface area contributed by atoms with Crippen molar-refractivity contribution in [3.05, 3.63) is 17.6 Å². The van der Waals surface area contributed by atoms with Crippen LogP contribution in [0.1, 0.15) is 25.2 Å². The van der Waals surface area contributed by atoms with Crippen LogP contribution in [0.25, 0.3) is 0 Å². The lowest BCUT2D eigenvalue weighted by Gasteiger charge is -2.11. The molecule has 0 unspecified atom stereocenters. The van der Waals surface area contributed by atoms with Gasteiger partial charge in [0, 0.05) is 6.20 Å². The van der Waals surface area contributed by atoms with Crippen molar-refractivity contribution in [3.8, 4) is 5.88 Å². The van der Waals surface area contributed by atoms with E-state index in [1.807, 2.05) is 13.8 Å². The Hall–Kier alpha value is -1.65. The molecule has 0 atom stereocenters. The van der Waals surface area contributed by atoms with E-state index < -0.39 is 0 Å². The molecule has 0 aromatic carbocycles. The van der Waals surface area contributed by atoms with Crippen molar-refractivity contribution in [2.75, 3.05) is 0 Å². The van der Waals surface area contributed by atoms with Gasteiger partial charge in [-0.15, -0.1) is 0 Å². The second-order valence-electron chi connectivity index (χ2n) is 3.22. The van der Waals surface area contributed by atoms with Gasteiger partial charge in [-0.2, -0.15) is 4.98 Å². The summed E-state index contributed by atoms with van der Waals surface area (Å²) in [6, 6.07) is 0. The molecule has 0 aliphatic carbocycles. The van der Waals surface area contributed by atoms with Gasteiger partial charge in [0.15, 0.2) is 0 Å². The number of aromatic nitrogens is 2. The van der Waals surface area contributed by atoms with Gasteiger partial charge in [-0.05, 0) is 20.8 Å². The molecule has 76 valence electrons. The predicted molar refractivity (Wildman–Crippen MR) is 53.5 cm³/mol. The highest BCUT2D eigenvalue weighted by molar-refractivity contribution is 5.96. The van der Waals surface area contributed by atoms with Crippen molar-refractivity contribution in [1.82, 2.24) is 9.97 Å². The van der Waals surface area contributed by atoms with Crippen molar-refractivity contribution >= 4 is 5.84 Å². The van der Waals surface area contributed by atoms with Gasteiger partial charge < -0.3 is 10.5 Å². The minimum atomic E-state index is -0.0827. The fourth-order valence-corrected chi connectivity index (χ4v) is 0.947. The van der Waals surface area contributed by atoms with Crippen LogP contribution in [0.2, 0.25) is 0 Å². The predicted octanol–water partition coefficient (Wildman–Crippen LogP) is 0.856.